The van der Waals surface area contributed by atoms with Crippen LogP contribution >= 0.6 is 0 Å². The first-order valence-corrected chi connectivity index (χ1v) is 12.0. The molecule has 0 amide bonds. The second-order valence-electron chi connectivity index (χ2n) is 7.66. The van der Waals surface area contributed by atoms with Gasteiger partial charge in [-0.3, -0.25) is 4.98 Å². The van der Waals surface area contributed by atoms with Crippen molar-refractivity contribution in [2.24, 2.45) is 5.73 Å². The van der Waals surface area contributed by atoms with Gasteiger partial charge in [0.1, 0.15) is 5.82 Å². The summed E-state index contributed by atoms with van der Waals surface area (Å²) in [6, 6.07) is 20.4. The number of nitrogens with zero attached hydrogens (tertiary/aromatic N) is 2. The van der Waals surface area contributed by atoms with E-state index in [2.05, 4.69) is 31.1 Å². The summed E-state index contributed by atoms with van der Waals surface area (Å²) in [5.41, 5.74) is 12.3. The van der Waals surface area contributed by atoms with E-state index in [1.165, 1.54) is 6.07 Å². The maximum Gasteiger partial charge on any atom is 0.123 e. The van der Waals surface area contributed by atoms with Crippen molar-refractivity contribution in [1.82, 2.24) is 4.98 Å². The van der Waals surface area contributed by atoms with Gasteiger partial charge in [-0.05, 0) is 67.7 Å². The largest absolute Gasteiger partial charge is 0.403 e. The van der Waals surface area contributed by atoms with Crippen molar-refractivity contribution in [3.05, 3.63) is 108 Å². The lowest BCUT2D eigenvalue weighted by Gasteiger charge is -2.08. The molecule has 0 unspecified atom stereocenters. The van der Waals surface area contributed by atoms with Crippen molar-refractivity contribution >= 4 is 5.57 Å². The summed E-state index contributed by atoms with van der Waals surface area (Å²) in [7, 11) is 0. The number of nitrogens with two attached hydrogens (primary N) is 1. The van der Waals surface area contributed by atoms with Crippen LogP contribution in [-0.4, -0.2) is 4.98 Å². The fraction of sp³-hybridized carbons (Fsp3) is 0.312. The van der Waals surface area contributed by atoms with Crippen molar-refractivity contribution in [3.8, 4) is 17.3 Å². The van der Waals surface area contributed by atoms with Gasteiger partial charge in [-0.2, -0.15) is 5.26 Å². The third-order valence-corrected chi connectivity index (χ3v) is 4.75. The van der Waals surface area contributed by atoms with Crippen molar-refractivity contribution in [2.75, 3.05) is 0 Å². The fourth-order valence-corrected chi connectivity index (χ4v) is 2.95. The smallest absolute Gasteiger partial charge is 0.123 e. The molecule has 3 rings (SSSR count). The molecule has 36 heavy (non-hydrogen) atoms. The van der Waals surface area contributed by atoms with Crippen LogP contribution in [-0.2, 0) is 6.42 Å². The minimum absolute atomic E-state index is 0. The van der Waals surface area contributed by atoms with Gasteiger partial charge in [-0.25, -0.2) is 4.39 Å². The zero-order chi connectivity index (χ0) is 26.8. The van der Waals surface area contributed by atoms with Crippen LogP contribution in [0.15, 0.2) is 79.5 Å². The molecule has 0 bridgehead atoms. The molecular weight excluding hydrogens is 445 g/mol. The Labute approximate surface area is 219 Å². The number of allylic oxidation sites excluding steroid dienone is 2. The topological polar surface area (TPSA) is 62.7 Å². The van der Waals surface area contributed by atoms with Crippen LogP contribution < -0.4 is 5.73 Å². The van der Waals surface area contributed by atoms with E-state index >= 15 is 0 Å². The molecule has 1 aromatic heterocycles. The maximum absolute atomic E-state index is 12.5. The molecule has 3 aromatic rings. The van der Waals surface area contributed by atoms with Gasteiger partial charge in [0, 0.05) is 17.0 Å². The van der Waals surface area contributed by atoms with Crippen molar-refractivity contribution in [1.29, 1.82) is 5.26 Å². The second-order valence-corrected chi connectivity index (χ2v) is 7.66. The Morgan fingerprint density at radius 2 is 1.64 bits per heavy atom. The molecule has 1 heterocycles. The lowest BCUT2D eigenvalue weighted by atomic mass is 10.0. The summed E-state index contributed by atoms with van der Waals surface area (Å²) in [4.78, 5) is 4.56. The number of benzene rings is 2. The van der Waals surface area contributed by atoms with Crippen LogP contribution in [0.3, 0.4) is 0 Å². The molecule has 2 N–H and O–H groups in total. The number of pyridine rings is 1. The molecule has 0 aliphatic rings. The highest BCUT2D eigenvalue weighted by atomic mass is 19.1. The summed E-state index contributed by atoms with van der Waals surface area (Å²) in [6.07, 6.45) is 2.93. The average molecular weight is 490 g/mol. The van der Waals surface area contributed by atoms with E-state index in [0.29, 0.717) is 5.56 Å². The molecule has 2 aromatic carbocycles. The third kappa shape index (κ3) is 12.7. The van der Waals surface area contributed by atoms with Crippen LogP contribution in [0.2, 0.25) is 0 Å². The summed E-state index contributed by atoms with van der Waals surface area (Å²) in [6.45, 7) is 19.4. The van der Waals surface area contributed by atoms with Gasteiger partial charge >= 0.3 is 0 Å². The van der Waals surface area contributed by atoms with E-state index in [9.17, 15) is 4.39 Å². The fourth-order valence-electron chi connectivity index (χ4n) is 2.95. The summed E-state index contributed by atoms with van der Waals surface area (Å²) < 4.78 is 12.5. The molecule has 0 fully saturated rings. The molecule has 0 radical (unpaired) electrons. The summed E-state index contributed by atoms with van der Waals surface area (Å²) >= 11 is 0. The highest BCUT2D eigenvalue weighted by Gasteiger charge is 2.07. The van der Waals surface area contributed by atoms with Crippen LogP contribution in [0.1, 0.15) is 77.3 Å². The number of hydrogen-bond acceptors (Lipinski definition) is 3. The first-order chi connectivity index (χ1) is 16.7. The zero-order valence-corrected chi connectivity index (χ0v) is 22.2. The van der Waals surface area contributed by atoms with Crippen LogP contribution in [0.25, 0.3) is 16.8 Å². The molecular formula is C32H44FN3. The minimum atomic E-state index is -0.133. The maximum atomic E-state index is 12.5. The van der Waals surface area contributed by atoms with E-state index < -0.39 is 0 Å². The lowest BCUT2D eigenvalue weighted by Crippen LogP contribution is -1.94. The molecule has 194 valence electrons. The molecule has 0 spiro atoms. The second kappa shape index (κ2) is 19.6. The highest BCUT2D eigenvalue weighted by molar-refractivity contribution is 5.70. The lowest BCUT2D eigenvalue weighted by molar-refractivity contribution is 0.625. The van der Waals surface area contributed by atoms with E-state index in [0.717, 1.165) is 58.6 Å². The first kappa shape index (κ1) is 34.5. The van der Waals surface area contributed by atoms with Crippen LogP contribution in [0, 0.1) is 24.1 Å². The minimum Gasteiger partial charge on any atom is -0.403 e. The SMILES string of the molecule is C.C=C(C)c1ccc(-c2ccccc2C#N)nc1C.C=C(N)CC.CC.CCCc1cccc(F)c1. The average Bonchev–Trinajstić information content (AvgIpc) is 2.86. The zero-order valence-electron chi connectivity index (χ0n) is 22.2. The van der Waals surface area contributed by atoms with Gasteiger partial charge in [0.05, 0.1) is 17.3 Å². The molecule has 0 saturated heterocycles. The molecule has 4 heteroatoms. The van der Waals surface area contributed by atoms with Crippen LogP contribution in [0.4, 0.5) is 4.39 Å². The first-order valence-electron chi connectivity index (χ1n) is 12.0. The Balaban J connectivity index is 0. The van der Waals surface area contributed by atoms with E-state index in [4.69, 9.17) is 11.0 Å². The number of halogens is 1. The van der Waals surface area contributed by atoms with E-state index in [-0.39, 0.29) is 13.2 Å². The Bertz CT molecular complexity index is 1110. The Morgan fingerprint density at radius 3 is 2.11 bits per heavy atom. The predicted molar refractivity (Wildman–Crippen MR) is 156 cm³/mol. The quantitative estimate of drug-likeness (QED) is 0.388. The van der Waals surface area contributed by atoms with Gasteiger partial charge < -0.3 is 5.73 Å². The molecule has 0 saturated carbocycles. The monoisotopic (exact) mass is 489 g/mol. The van der Waals surface area contributed by atoms with Gasteiger partial charge in [0.2, 0.25) is 0 Å². The normalized spacial score (nSPS) is 8.83. The van der Waals surface area contributed by atoms with Crippen molar-refractivity contribution in [3.63, 3.8) is 0 Å². The van der Waals surface area contributed by atoms with Gasteiger partial charge in [0.25, 0.3) is 0 Å². The van der Waals surface area contributed by atoms with Gasteiger partial charge in [-0.15, -0.1) is 0 Å². The van der Waals surface area contributed by atoms with Crippen molar-refractivity contribution in [2.45, 2.75) is 68.2 Å². The molecule has 0 atom stereocenters. The Hall–Kier alpha value is -3.71. The predicted octanol–water partition coefficient (Wildman–Crippen LogP) is 9.27. The summed E-state index contributed by atoms with van der Waals surface area (Å²) in [5.74, 6) is -0.133. The number of hydrogen-bond donors (Lipinski definition) is 1. The van der Waals surface area contributed by atoms with Crippen LogP contribution in [0.5, 0.6) is 0 Å². The Kier molecular flexibility index (Phi) is 18.7. The van der Waals surface area contributed by atoms with E-state index in [1.807, 2.05) is 71.0 Å². The number of rotatable bonds is 5. The Morgan fingerprint density at radius 1 is 1.03 bits per heavy atom. The molecule has 3 nitrogen and oxygen atoms in total. The van der Waals surface area contributed by atoms with Gasteiger partial charge in [0.15, 0.2) is 0 Å². The highest BCUT2D eigenvalue weighted by Crippen LogP contribution is 2.24. The van der Waals surface area contributed by atoms with Crippen molar-refractivity contribution < 1.29 is 4.39 Å². The summed E-state index contributed by atoms with van der Waals surface area (Å²) in [5, 5.41) is 9.10. The third-order valence-electron chi connectivity index (χ3n) is 4.75. The standard InChI is InChI=1S/C16H14N2.C9H11F.C4H9N.C2H6.CH4/c1-11(2)14-8-9-16(18-12(14)3)15-7-5-4-6-13(15)10-17;1-2-4-8-5-3-6-9(10)7-8;1-3-4(2)5;1-2;/h4-9H,1H2,2-3H3;3,5-7H,2,4H2,1H3;2-3,5H2,1H3;1-2H3;1H4. The molecule has 0 aliphatic heterocycles. The van der Waals surface area contributed by atoms with Gasteiger partial charge in [-0.1, -0.05) is 91.1 Å². The molecule has 0 aliphatic carbocycles. The number of aryl methyl sites for hydroxylation is 2. The number of nitriles is 1. The van der Waals surface area contributed by atoms with E-state index in [1.54, 1.807) is 18.2 Å². The number of aromatic nitrogens is 1.